The Hall–Kier alpha value is -3.70. The van der Waals surface area contributed by atoms with Crippen LogP contribution in [-0.4, -0.2) is 7.11 Å². The molecule has 0 amide bonds. The lowest BCUT2D eigenvalue weighted by Crippen LogP contribution is -2.06. The zero-order chi connectivity index (χ0) is 25.7. The second-order valence-corrected chi connectivity index (χ2v) is 12.5. The molecule has 6 aromatic rings. The standard InChI is InChI=1S/C34H29NOP2/c1-36-30-22-20-24-12-8-10-18-28(24)32(30)33-29-19-11-9-13-25(29)21-23-31(33)37-38-34(26-14-4-2-5-15-26)35-27-16-6-3-7-17-27/h2-23,34-35,37-38H,1H3. The van der Waals surface area contributed by atoms with Gasteiger partial charge in [-0.25, -0.2) is 0 Å². The van der Waals surface area contributed by atoms with Crippen molar-refractivity contribution in [2.45, 2.75) is 5.78 Å². The van der Waals surface area contributed by atoms with Crippen molar-refractivity contribution in [1.82, 2.24) is 0 Å². The van der Waals surface area contributed by atoms with Gasteiger partial charge in [-0.2, -0.15) is 0 Å². The van der Waals surface area contributed by atoms with E-state index < -0.39 is 0 Å². The van der Waals surface area contributed by atoms with Crippen molar-refractivity contribution in [2.24, 2.45) is 0 Å². The highest BCUT2D eigenvalue weighted by Crippen LogP contribution is 2.52. The maximum Gasteiger partial charge on any atom is 0.127 e. The summed E-state index contributed by atoms with van der Waals surface area (Å²) in [6, 6.07) is 47.5. The van der Waals surface area contributed by atoms with E-state index in [0.29, 0.717) is 16.5 Å². The number of ether oxygens (including phenoxy) is 1. The van der Waals surface area contributed by atoms with Gasteiger partial charge in [-0.15, -0.1) is 0 Å². The van der Waals surface area contributed by atoms with Gasteiger partial charge in [0.25, 0.3) is 0 Å². The Morgan fingerprint density at radius 3 is 1.84 bits per heavy atom. The van der Waals surface area contributed by atoms with Crippen LogP contribution in [0.25, 0.3) is 32.7 Å². The third-order valence-electron chi connectivity index (χ3n) is 6.86. The molecule has 186 valence electrons. The normalized spacial score (nSPS) is 12.6. The highest BCUT2D eigenvalue weighted by atomic mass is 32.0. The van der Waals surface area contributed by atoms with Crippen molar-refractivity contribution >= 4 is 49.1 Å². The molecule has 0 heterocycles. The monoisotopic (exact) mass is 529 g/mol. The smallest absolute Gasteiger partial charge is 0.127 e. The highest BCUT2D eigenvalue weighted by molar-refractivity contribution is 8.15. The summed E-state index contributed by atoms with van der Waals surface area (Å²) < 4.78 is 5.98. The number of hydrogen-bond acceptors (Lipinski definition) is 2. The Morgan fingerprint density at radius 2 is 1.16 bits per heavy atom. The second kappa shape index (κ2) is 11.4. The van der Waals surface area contributed by atoms with E-state index in [2.05, 4.69) is 139 Å². The minimum Gasteiger partial charge on any atom is -0.496 e. The fourth-order valence-corrected chi connectivity index (χ4v) is 8.71. The van der Waals surface area contributed by atoms with Crippen LogP contribution in [0.2, 0.25) is 0 Å². The van der Waals surface area contributed by atoms with Crippen LogP contribution in [0.5, 0.6) is 5.75 Å². The highest BCUT2D eigenvalue weighted by Gasteiger charge is 2.19. The van der Waals surface area contributed by atoms with Gasteiger partial charge in [0.15, 0.2) is 0 Å². The molecule has 3 unspecified atom stereocenters. The van der Waals surface area contributed by atoms with Gasteiger partial charge in [0, 0.05) is 16.8 Å². The zero-order valence-electron chi connectivity index (χ0n) is 21.2. The fraction of sp³-hybridized carbons (Fsp3) is 0.0588. The Labute approximate surface area is 227 Å². The van der Waals surface area contributed by atoms with Crippen LogP contribution in [0, 0.1) is 0 Å². The SMILES string of the molecule is COc1ccc2ccccc2c1-c1c(PPC(Nc2ccccc2)c2ccccc2)ccc2ccccc12. The topological polar surface area (TPSA) is 21.3 Å². The number of anilines is 1. The van der Waals surface area contributed by atoms with Gasteiger partial charge in [-0.3, -0.25) is 0 Å². The third kappa shape index (κ3) is 5.03. The summed E-state index contributed by atoms with van der Waals surface area (Å²) in [5.41, 5.74) is 4.93. The van der Waals surface area contributed by atoms with E-state index in [1.807, 2.05) is 0 Å². The second-order valence-electron chi connectivity index (χ2n) is 9.20. The average Bonchev–Trinajstić information content (AvgIpc) is 2.99. The van der Waals surface area contributed by atoms with Crippen molar-refractivity contribution in [3.63, 3.8) is 0 Å². The van der Waals surface area contributed by atoms with Gasteiger partial charge in [0.1, 0.15) is 5.75 Å². The van der Waals surface area contributed by atoms with Gasteiger partial charge in [-0.05, 0) is 50.6 Å². The summed E-state index contributed by atoms with van der Waals surface area (Å²) in [7, 11) is 3.07. The molecular weight excluding hydrogens is 500 g/mol. The molecule has 0 bridgehead atoms. The number of benzene rings is 6. The minimum absolute atomic E-state index is 0.227. The van der Waals surface area contributed by atoms with Crippen LogP contribution in [0.4, 0.5) is 5.69 Å². The zero-order valence-corrected chi connectivity index (χ0v) is 23.2. The summed E-state index contributed by atoms with van der Waals surface area (Å²) >= 11 is 0. The van der Waals surface area contributed by atoms with Crippen molar-refractivity contribution < 1.29 is 4.74 Å². The molecule has 2 nitrogen and oxygen atoms in total. The maximum atomic E-state index is 5.98. The van der Waals surface area contributed by atoms with E-state index in [1.54, 1.807) is 7.11 Å². The molecule has 0 radical (unpaired) electrons. The Kier molecular flexibility index (Phi) is 7.36. The molecule has 6 aromatic carbocycles. The lowest BCUT2D eigenvalue weighted by molar-refractivity contribution is 0.417. The summed E-state index contributed by atoms with van der Waals surface area (Å²) in [6.45, 7) is 0. The Morgan fingerprint density at radius 1 is 0.579 bits per heavy atom. The first-order valence-corrected chi connectivity index (χ1v) is 15.9. The third-order valence-corrected chi connectivity index (χ3v) is 10.6. The van der Waals surface area contributed by atoms with E-state index in [9.17, 15) is 0 Å². The van der Waals surface area contributed by atoms with E-state index >= 15 is 0 Å². The molecule has 0 aliphatic heterocycles. The molecule has 4 heteroatoms. The Balaban J connectivity index is 1.47. The molecule has 0 saturated carbocycles. The number of rotatable bonds is 8. The fourth-order valence-electron chi connectivity index (χ4n) is 5.02. The molecule has 1 N–H and O–H groups in total. The summed E-state index contributed by atoms with van der Waals surface area (Å²) in [4.78, 5) is 0. The number of methoxy groups -OCH3 is 1. The molecule has 0 aromatic heterocycles. The van der Waals surface area contributed by atoms with Crippen LogP contribution in [0.3, 0.4) is 0 Å². The predicted molar refractivity (Wildman–Crippen MR) is 169 cm³/mol. The van der Waals surface area contributed by atoms with Crippen molar-refractivity contribution in [3.8, 4) is 16.9 Å². The van der Waals surface area contributed by atoms with Gasteiger partial charge in [0.2, 0.25) is 0 Å². The molecule has 0 spiro atoms. The van der Waals surface area contributed by atoms with Crippen LogP contribution in [-0.2, 0) is 0 Å². The Bertz CT molecular complexity index is 1690. The summed E-state index contributed by atoms with van der Waals surface area (Å²) in [5.74, 6) is 1.14. The number of fused-ring (bicyclic) bond motifs is 2. The molecule has 0 fully saturated rings. The van der Waals surface area contributed by atoms with Crippen molar-refractivity contribution in [1.29, 1.82) is 0 Å². The first-order valence-electron chi connectivity index (χ1n) is 12.8. The van der Waals surface area contributed by atoms with E-state index in [-0.39, 0.29) is 5.78 Å². The lowest BCUT2D eigenvalue weighted by Gasteiger charge is -2.23. The van der Waals surface area contributed by atoms with Crippen LogP contribution in [0.15, 0.2) is 133 Å². The minimum atomic E-state index is 0.227. The number of para-hydroxylation sites is 1. The van der Waals surface area contributed by atoms with E-state index in [1.165, 1.54) is 43.5 Å². The van der Waals surface area contributed by atoms with E-state index in [0.717, 1.165) is 11.4 Å². The molecule has 6 rings (SSSR count). The number of hydrogen-bond donors (Lipinski definition) is 1. The first kappa shape index (κ1) is 24.6. The molecule has 38 heavy (non-hydrogen) atoms. The summed E-state index contributed by atoms with van der Waals surface area (Å²) in [5, 5.41) is 10.1. The molecule has 0 aliphatic rings. The van der Waals surface area contributed by atoms with Crippen LogP contribution in [0.1, 0.15) is 11.3 Å². The van der Waals surface area contributed by atoms with Crippen LogP contribution < -0.4 is 15.4 Å². The predicted octanol–water partition coefficient (Wildman–Crippen LogP) is 9.38. The van der Waals surface area contributed by atoms with Gasteiger partial charge >= 0.3 is 0 Å². The molecule has 0 aliphatic carbocycles. The lowest BCUT2D eigenvalue weighted by atomic mass is 9.93. The number of nitrogens with one attached hydrogen (secondary N) is 1. The van der Waals surface area contributed by atoms with Gasteiger partial charge in [0.05, 0.1) is 12.9 Å². The largest absolute Gasteiger partial charge is 0.496 e. The van der Waals surface area contributed by atoms with Crippen molar-refractivity contribution in [2.75, 3.05) is 12.4 Å². The summed E-state index contributed by atoms with van der Waals surface area (Å²) in [6.07, 6.45) is 0. The van der Waals surface area contributed by atoms with Gasteiger partial charge < -0.3 is 10.1 Å². The molecule has 3 atom stereocenters. The maximum absolute atomic E-state index is 5.98. The average molecular weight is 530 g/mol. The van der Waals surface area contributed by atoms with Gasteiger partial charge in [-0.1, -0.05) is 132 Å². The van der Waals surface area contributed by atoms with E-state index in [4.69, 9.17) is 4.74 Å². The first-order chi connectivity index (χ1) is 18.8. The van der Waals surface area contributed by atoms with Crippen LogP contribution >= 0.6 is 16.5 Å². The van der Waals surface area contributed by atoms with Crippen molar-refractivity contribution in [3.05, 3.63) is 139 Å². The quantitative estimate of drug-likeness (QED) is 0.198. The molecule has 0 saturated heterocycles. The molecular formula is C34H29NOP2.